The Kier molecular flexibility index (Phi) is 5.46. The second-order valence-electron chi connectivity index (χ2n) is 7.09. The molecule has 2 unspecified atom stereocenters. The van der Waals surface area contributed by atoms with Gasteiger partial charge in [0, 0.05) is 24.3 Å². The van der Waals surface area contributed by atoms with Crippen molar-refractivity contribution in [3.05, 3.63) is 23.5 Å². The monoisotopic (exact) mass is 321 g/mol. The molecule has 0 radical (unpaired) electrons. The van der Waals surface area contributed by atoms with Crippen LogP contribution in [0.25, 0.3) is 0 Å². The van der Waals surface area contributed by atoms with Crippen molar-refractivity contribution in [2.45, 2.75) is 71.2 Å². The summed E-state index contributed by atoms with van der Waals surface area (Å²) >= 11 is 0. The van der Waals surface area contributed by atoms with E-state index in [4.69, 9.17) is 4.74 Å². The van der Waals surface area contributed by atoms with Crippen LogP contribution in [0.5, 0.6) is 5.75 Å². The number of pyridine rings is 1. The van der Waals surface area contributed by atoms with E-state index >= 15 is 0 Å². The number of alkyl carbamates (subject to hydrolysis) is 1. The third-order valence-electron chi connectivity index (χ3n) is 3.84. The van der Waals surface area contributed by atoms with Crippen LogP contribution in [0.15, 0.2) is 12.1 Å². The van der Waals surface area contributed by atoms with Gasteiger partial charge in [0.15, 0.2) is 0 Å². The predicted octanol–water partition coefficient (Wildman–Crippen LogP) is 2.63. The Balaban J connectivity index is 1.89. The highest BCUT2D eigenvalue weighted by molar-refractivity contribution is 5.68. The molecule has 1 aliphatic rings. The molecule has 128 valence electrons. The van der Waals surface area contributed by atoms with Gasteiger partial charge in [-0.1, -0.05) is 0 Å². The molecule has 1 aromatic heterocycles. The molecule has 0 spiro atoms. The zero-order chi connectivity index (χ0) is 17.0. The Hall–Kier alpha value is -1.82. The average molecular weight is 321 g/mol. The van der Waals surface area contributed by atoms with Crippen LogP contribution in [-0.2, 0) is 11.3 Å². The number of aromatic hydroxyl groups is 1. The summed E-state index contributed by atoms with van der Waals surface area (Å²) in [6, 6.07) is 3.63. The first-order chi connectivity index (χ1) is 10.7. The molecular formula is C17H27N3O3. The average Bonchev–Trinajstić information content (AvgIpc) is 2.85. The third-order valence-corrected chi connectivity index (χ3v) is 3.84. The maximum Gasteiger partial charge on any atom is 0.407 e. The molecule has 1 amide bonds. The van der Waals surface area contributed by atoms with Crippen LogP contribution in [0.2, 0.25) is 0 Å². The summed E-state index contributed by atoms with van der Waals surface area (Å²) in [5.41, 5.74) is 1.01. The first-order valence-corrected chi connectivity index (χ1v) is 8.13. The first kappa shape index (κ1) is 17.5. The van der Waals surface area contributed by atoms with Crippen LogP contribution in [0.4, 0.5) is 4.79 Å². The maximum absolute atomic E-state index is 11.9. The highest BCUT2D eigenvalue weighted by Gasteiger charge is 2.30. The normalized spacial score (nSPS) is 21.2. The lowest BCUT2D eigenvalue weighted by atomic mass is 10.1. The van der Waals surface area contributed by atoms with Crippen LogP contribution in [0.1, 0.15) is 51.4 Å². The van der Waals surface area contributed by atoms with E-state index in [-0.39, 0.29) is 23.9 Å². The van der Waals surface area contributed by atoms with Gasteiger partial charge in [-0.25, -0.2) is 4.79 Å². The number of aryl methyl sites for hydroxylation is 1. The molecule has 0 bridgehead atoms. The molecule has 1 saturated carbocycles. The fourth-order valence-electron chi connectivity index (χ4n) is 2.80. The van der Waals surface area contributed by atoms with Gasteiger partial charge in [-0.3, -0.25) is 4.98 Å². The van der Waals surface area contributed by atoms with E-state index in [9.17, 15) is 9.90 Å². The molecule has 0 aliphatic heterocycles. The Labute approximate surface area is 137 Å². The summed E-state index contributed by atoms with van der Waals surface area (Å²) in [4.78, 5) is 16.3. The summed E-state index contributed by atoms with van der Waals surface area (Å²) in [7, 11) is 0. The molecule has 1 aromatic rings. The lowest BCUT2D eigenvalue weighted by Gasteiger charge is -2.25. The number of rotatable bonds is 4. The fourth-order valence-corrected chi connectivity index (χ4v) is 2.80. The Morgan fingerprint density at radius 2 is 2.04 bits per heavy atom. The lowest BCUT2D eigenvalue weighted by Crippen LogP contribution is -2.47. The zero-order valence-electron chi connectivity index (χ0n) is 14.3. The minimum Gasteiger partial charge on any atom is -0.506 e. The molecule has 3 N–H and O–H groups in total. The van der Waals surface area contributed by atoms with Gasteiger partial charge in [0.1, 0.15) is 11.4 Å². The Bertz CT molecular complexity index is 555. The van der Waals surface area contributed by atoms with E-state index in [1.165, 1.54) is 0 Å². The van der Waals surface area contributed by atoms with E-state index in [0.29, 0.717) is 12.2 Å². The van der Waals surface area contributed by atoms with Crippen LogP contribution in [0, 0.1) is 6.92 Å². The molecule has 2 atom stereocenters. The van der Waals surface area contributed by atoms with Crippen molar-refractivity contribution in [2.24, 2.45) is 0 Å². The van der Waals surface area contributed by atoms with Crippen LogP contribution in [-0.4, -0.2) is 33.9 Å². The molecule has 0 saturated heterocycles. The predicted molar refractivity (Wildman–Crippen MR) is 88.3 cm³/mol. The second-order valence-corrected chi connectivity index (χ2v) is 7.09. The molecule has 6 heteroatoms. The Morgan fingerprint density at radius 1 is 1.35 bits per heavy atom. The van der Waals surface area contributed by atoms with Gasteiger partial charge in [-0.2, -0.15) is 0 Å². The van der Waals surface area contributed by atoms with Crippen molar-refractivity contribution < 1.29 is 14.6 Å². The number of carbonyl (C=O) groups excluding carboxylic acids is 1. The van der Waals surface area contributed by atoms with Crippen molar-refractivity contribution in [1.82, 2.24) is 15.6 Å². The van der Waals surface area contributed by atoms with Gasteiger partial charge in [-0.05, 0) is 59.1 Å². The molecule has 23 heavy (non-hydrogen) atoms. The number of ether oxygens (including phenoxy) is 1. The molecule has 1 aliphatic carbocycles. The summed E-state index contributed by atoms with van der Waals surface area (Å²) in [5.74, 6) is 0.192. The highest BCUT2D eigenvalue weighted by atomic mass is 16.6. The SMILES string of the molecule is Cc1ccc(O)c(CNC2CCCC2NC(=O)OC(C)(C)C)n1. The van der Waals surface area contributed by atoms with E-state index < -0.39 is 5.60 Å². The van der Waals surface area contributed by atoms with Gasteiger partial charge in [0.25, 0.3) is 0 Å². The van der Waals surface area contributed by atoms with Crippen LogP contribution in [0.3, 0.4) is 0 Å². The number of amides is 1. The first-order valence-electron chi connectivity index (χ1n) is 8.13. The maximum atomic E-state index is 11.9. The smallest absolute Gasteiger partial charge is 0.407 e. The van der Waals surface area contributed by atoms with Crippen molar-refractivity contribution >= 4 is 6.09 Å². The summed E-state index contributed by atoms with van der Waals surface area (Å²) in [5, 5.41) is 16.2. The molecule has 1 heterocycles. The second kappa shape index (κ2) is 7.17. The van der Waals surface area contributed by atoms with Crippen molar-refractivity contribution in [3.63, 3.8) is 0 Å². The van der Waals surface area contributed by atoms with Gasteiger partial charge in [0.2, 0.25) is 0 Å². The zero-order valence-corrected chi connectivity index (χ0v) is 14.3. The highest BCUT2D eigenvalue weighted by Crippen LogP contribution is 2.21. The van der Waals surface area contributed by atoms with Gasteiger partial charge < -0.3 is 20.5 Å². The minimum atomic E-state index is -0.497. The lowest BCUT2D eigenvalue weighted by molar-refractivity contribution is 0.0498. The van der Waals surface area contributed by atoms with Gasteiger partial charge in [0.05, 0.1) is 5.69 Å². The quantitative estimate of drug-likeness (QED) is 0.794. The molecule has 1 fully saturated rings. The van der Waals surface area contributed by atoms with Gasteiger partial charge >= 0.3 is 6.09 Å². The topological polar surface area (TPSA) is 83.5 Å². The third kappa shape index (κ3) is 5.39. The van der Waals surface area contributed by atoms with Crippen LogP contribution < -0.4 is 10.6 Å². The number of nitrogens with one attached hydrogen (secondary N) is 2. The standard InChI is InChI=1S/C17H27N3O3/c1-11-8-9-15(21)14(19-11)10-18-12-6-5-7-13(12)20-16(22)23-17(2,3)4/h8-9,12-13,18,21H,5-7,10H2,1-4H3,(H,20,22). The number of aromatic nitrogens is 1. The molecular weight excluding hydrogens is 294 g/mol. The minimum absolute atomic E-state index is 0.0387. The van der Waals surface area contributed by atoms with Crippen LogP contribution >= 0.6 is 0 Å². The molecule has 0 aromatic carbocycles. The Morgan fingerprint density at radius 3 is 2.74 bits per heavy atom. The number of carbonyl (C=O) groups is 1. The summed E-state index contributed by atoms with van der Waals surface area (Å²) < 4.78 is 5.32. The summed E-state index contributed by atoms with van der Waals surface area (Å²) in [6.07, 6.45) is 2.57. The van der Waals surface area contributed by atoms with Gasteiger partial charge in [-0.15, -0.1) is 0 Å². The van der Waals surface area contributed by atoms with E-state index in [1.807, 2.05) is 27.7 Å². The van der Waals surface area contributed by atoms with Crippen molar-refractivity contribution in [3.8, 4) is 5.75 Å². The van der Waals surface area contributed by atoms with E-state index in [1.54, 1.807) is 12.1 Å². The number of hydrogen-bond donors (Lipinski definition) is 3. The van der Waals surface area contributed by atoms with E-state index in [0.717, 1.165) is 25.0 Å². The number of nitrogens with zero attached hydrogens (tertiary/aromatic N) is 1. The fraction of sp³-hybridized carbons (Fsp3) is 0.647. The van der Waals surface area contributed by atoms with Crippen molar-refractivity contribution in [2.75, 3.05) is 0 Å². The molecule has 2 rings (SSSR count). The summed E-state index contributed by atoms with van der Waals surface area (Å²) in [6.45, 7) is 7.92. The number of hydrogen-bond acceptors (Lipinski definition) is 5. The van der Waals surface area contributed by atoms with Crippen molar-refractivity contribution in [1.29, 1.82) is 0 Å². The largest absolute Gasteiger partial charge is 0.506 e. The van der Waals surface area contributed by atoms with E-state index in [2.05, 4.69) is 15.6 Å². The molecule has 6 nitrogen and oxygen atoms in total.